The molecule has 1 aromatic heterocycles. The minimum Gasteiger partial charge on any atom is -0.457 e. The van der Waals surface area contributed by atoms with Gasteiger partial charge in [0.25, 0.3) is 5.91 Å². The highest BCUT2D eigenvalue weighted by Crippen LogP contribution is 2.51. The third-order valence-corrected chi connectivity index (χ3v) is 5.58. The van der Waals surface area contributed by atoms with Gasteiger partial charge in [-0.05, 0) is 54.3 Å². The number of aromatic nitrogens is 2. The van der Waals surface area contributed by atoms with E-state index in [1.807, 2.05) is 0 Å². The van der Waals surface area contributed by atoms with Crippen LogP contribution in [-0.4, -0.2) is 32.4 Å². The average molecular weight is 451 g/mol. The Balaban J connectivity index is 1.65. The minimum absolute atomic E-state index is 0.133. The minimum atomic E-state index is -4.42. The van der Waals surface area contributed by atoms with Crippen molar-refractivity contribution in [1.29, 1.82) is 0 Å². The third-order valence-electron chi connectivity index (χ3n) is 4.96. The number of halogens is 3. The number of ether oxygens (including phenoxy) is 1. The number of fused-ring (bicyclic) bond motifs is 1. The second-order valence-electron chi connectivity index (χ2n) is 7.94. The monoisotopic (exact) mass is 451 g/mol. The number of rotatable bonds is 4. The molecule has 4 rings (SSSR count). The summed E-state index contributed by atoms with van der Waals surface area (Å²) in [6, 6.07) is 7.94. The zero-order chi connectivity index (χ0) is 22.6. The highest BCUT2D eigenvalue weighted by molar-refractivity contribution is 7.92. The fraction of sp³-hybridized carbons (Fsp3) is 0.333. The molecule has 0 bridgehead atoms. The summed E-state index contributed by atoms with van der Waals surface area (Å²) >= 11 is 0. The maximum absolute atomic E-state index is 12.8. The summed E-state index contributed by atoms with van der Waals surface area (Å²) in [7, 11) is -0.762. The molecule has 2 aromatic carbocycles. The number of nitrogens with zero attached hydrogens (tertiary/aromatic N) is 3. The van der Waals surface area contributed by atoms with Crippen LogP contribution >= 0.6 is 0 Å². The normalized spacial score (nSPS) is 18.8. The quantitative estimate of drug-likeness (QED) is 0.574. The second kappa shape index (κ2) is 7.37. The molecule has 0 unspecified atom stereocenters. The average Bonchev–Trinajstić information content (AvgIpc) is 3.34. The Kier molecular flexibility index (Phi) is 5.07. The first kappa shape index (κ1) is 21.4. The van der Waals surface area contributed by atoms with Gasteiger partial charge in [0.2, 0.25) is 0 Å². The van der Waals surface area contributed by atoms with Gasteiger partial charge < -0.3 is 4.74 Å². The van der Waals surface area contributed by atoms with Gasteiger partial charge in [0.15, 0.2) is 0 Å². The molecule has 1 heterocycles. The van der Waals surface area contributed by atoms with E-state index in [-0.39, 0.29) is 17.6 Å². The Hall–Kier alpha value is -2.88. The van der Waals surface area contributed by atoms with E-state index in [0.29, 0.717) is 12.2 Å². The van der Waals surface area contributed by atoms with Crippen molar-refractivity contribution < 1.29 is 26.9 Å². The van der Waals surface area contributed by atoms with Crippen molar-refractivity contribution >= 4 is 26.5 Å². The number of aryl methyl sites for hydroxylation is 1. The summed E-state index contributed by atoms with van der Waals surface area (Å²) in [5.74, 6) is -0.200. The Bertz CT molecular complexity index is 1280. The number of amides is 1. The molecule has 2 atom stereocenters. The highest BCUT2D eigenvalue weighted by atomic mass is 32.2. The van der Waals surface area contributed by atoms with Gasteiger partial charge in [-0.15, -0.1) is 0 Å². The van der Waals surface area contributed by atoms with E-state index in [9.17, 15) is 22.2 Å². The van der Waals surface area contributed by atoms with Crippen molar-refractivity contribution in [3.63, 3.8) is 0 Å². The maximum atomic E-state index is 12.8. The molecular weight excluding hydrogens is 431 g/mol. The maximum Gasteiger partial charge on any atom is 0.416 e. The van der Waals surface area contributed by atoms with Gasteiger partial charge in [-0.3, -0.25) is 9.48 Å². The van der Waals surface area contributed by atoms with E-state index in [1.54, 1.807) is 30.1 Å². The first-order valence-corrected chi connectivity index (χ1v) is 11.8. The number of hydrogen-bond acceptors (Lipinski definition) is 4. The van der Waals surface area contributed by atoms with Gasteiger partial charge in [0.1, 0.15) is 11.5 Å². The topological polar surface area (TPSA) is 73.6 Å². The van der Waals surface area contributed by atoms with E-state index in [2.05, 4.69) is 9.46 Å². The van der Waals surface area contributed by atoms with Gasteiger partial charge in [-0.2, -0.15) is 22.6 Å². The molecular formula is C21H20F3N3O3S. The molecule has 0 spiro atoms. The third kappa shape index (κ3) is 4.73. The smallest absolute Gasteiger partial charge is 0.416 e. The van der Waals surface area contributed by atoms with E-state index in [0.717, 1.165) is 28.6 Å². The lowest BCUT2D eigenvalue weighted by Gasteiger charge is -2.10. The van der Waals surface area contributed by atoms with Crippen LogP contribution in [0.15, 0.2) is 47.0 Å². The Morgan fingerprint density at radius 2 is 1.87 bits per heavy atom. The van der Waals surface area contributed by atoms with Crippen LogP contribution < -0.4 is 4.74 Å². The number of carbonyl (C=O) groups excluding carboxylic acids is 1. The van der Waals surface area contributed by atoms with E-state index in [4.69, 9.17) is 4.74 Å². The molecule has 0 aliphatic heterocycles. The Labute approximate surface area is 177 Å². The Morgan fingerprint density at radius 3 is 2.48 bits per heavy atom. The zero-order valence-electron chi connectivity index (χ0n) is 17.0. The van der Waals surface area contributed by atoms with Crippen LogP contribution in [0.3, 0.4) is 0 Å². The van der Waals surface area contributed by atoms with Gasteiger partial charge in [0.05, 0.1) is 11.1 Å². The summed E-state index contributed by atoms with van der Waals surface area (Å²) < 4.78 is 61.4. The van der Waals surface area contributed by atoms with Gasteiger partial charge in [-0.25, -0.2) is 4.21 Å². The van der Waals surface area contributed by atoms with Crippen LogP contribution in [0.4, 0.5) is 13.2 Å². The van der Waals surface area contributed by atoms with Crippen LogP contribution in [0.1, 0.15) is 23.5 Å². The Morgan fingerprint density at radius 1 is 1.19 bits per heavy atom. The van der Waals surface area contributed by atoms with Crippen molar-refractivity contribution in [1.82, 2.24) is 9.78 Å². The molecule has 1 aliphatic carbocycles. The molecule has 10 heteroatoms. The molecule has 3 aromatic rings. The van der Waals surface area contributed by atoms with Crippen LogP contribution in [-0.2, 0) is 27.7 Å². The van der Waals surface area contributed by atoms with Crippen molar-refractivity contribution in [2.75, 3.05) is 12.5 Å². The van der Waals surface area contributed by atoms with Crippen LogP contribution in [0.25, 0.3) is 10.9 Å². The number of hydrogen-bond donors (Lipinski definition) is 0. The summed E-state index contributed by atoms with van der Waals surface area (Å²) in [6.07, 6.45) is 0.773. The van der Waals surface area contributed by atoms with Crippen LogP contribution in [0.2, 0.25) is 0 Å². The first-order chi connectivity index (χ1) is 14.4. The summed E-state index contributed by atoms with van der Waals surface area (Å²) in [5.41, 5.74) is 0.762. The first-order valence-electron chi connectivity index (χ1n) is 9.44. The standard InChI is InChI=1S/C21H20F3N3O3S/c1-27-11-12-8-15(30-14-6-4-13(5-7-14)21(22,23)24)9-17(19(12)25-27)16-10-18(16)20(28)26-31(2,3)29/h4-9,11,16,18H,10H2,1-3H3/t16-,18+/m0/s1. The summed E-state index contributed by atoms with van der Waals surface area (Å²) in [6.45, 7) is 0. The molecule has 1 aliphatic rings. The second-order valence-corrected chi connectivity index (χ2v) is 10.5. The van der Waals surface area contributed by atoms with Gasteiger partial charge >= 0.3 is 6.18 Å². The molecule has 164 valence electrons. The summed E-state index contributed by atoms with van der Waals surface area (Å²) in [4.78, 5) is 12.3. The molecule has 6 nitrogen and oxygen atoms in total. The molecule has 0 saturated heterocycles. The van der Waals surface area contributed by atoms with Crippen LogP contribution in [0.5, 0.6) is 11.5 Å². The lowest BCUT2D eigenvalue weighted by Crippen LogP contribution is -2.04. The SMILES string of the molecule is Cn1cc2cc(Oc3ccc(C(F)(F)F)cc3)cc([C@@H]3C[C@H]3C(=O)N=S(C)(C)=O)c2n1. The largest absolute Gasteiger partial charge is 0.457 e. The summed E-state index contributed by atoms with van der Waals surface area (Å²) in [5, 5.41) is 5.25. The van der Waals surface area contributed by atoms with Gasteiger partial charge in [-0.1, -0.05) is 0 Å². The molecule has 1 saturated carbocycles. The van der Waals surface area contributed by atoms with Crippen molar-refractivity contribution in [2.24, 2.45) is 17.3 Å². The fourth-order valence-corrected chi connectivity index (χ4v) is 4.11. The predicted octanol–water partition coefficient (Wildman–Crippen LogP) is 4.74. The van der Waals surface area contributed by atoms with Crippen molar-refractivity contribution in [3.05, 3.63) is 53.7 Å². The number of carbonyl (C=O) groups is 1. The number of benzene rings is 2. The van der Waals surface area contributed by atoms with Crippen molar-refractivity contribution in [3.8, 4) is 11.5 Å². The molecule has 1 fully saturated rings. The van der Waals surface area contributed by atoms with Crippen LogP contribution in [0, 0.1) is 5.92 Å². The predicted molar refractivity (Wildman–Crippen MR) is 111 cm³/mol. The molecule has 1 amide bonds. The van der Waals surface area contributed by atoms with Crippen molar-refractivity contribution in [2.45, 2.75) is 18.5 Å². The number of alkyl halides is 3. The highest BCUT2D eigenvalue weighted by Gasteiger charge is 2.45. The molecule has 0 radical (unpaired) electrons. The lowest BCUT2D eigenvalue weighted by atomic mass is 10.0. The zero-order valence-corrected chi connectivity index (χ0v) is 17.8. The molecule has 0 N–H and O–H groups in total. The fourth-order valence-electron chi connectivity index (χ4n) is 3.54. The van der Waals surface area contributed by atoms with E-state index >= 15 is 0 Å². The van der Waals surface area contributed by atoms with E-state index < -0.39 is 27.4 Å². The molecule has 31 heavy (non-hydrogen) atoms. The lowest BCUT2D eigenvalue weighted by molar-refractivity contribution is -0.137. The van der Waals surface area contributed by atoms with Gasteiger partial charge in [0, 0.05) is 46.8 Å². The van der Waals surface area contributed by atoms with E-state index in [1.165, 1.54) is 24.6 Å².